The van der Waals surface area contributed by atoms with Crippen LogP contribution in [-0.4, -0.2) is 65.2 Å². The van der Waals surface area contributed by atoms with Crippen molar-refractivity contribution in [3.05, 3.63) is 40.0 Å². The minimum Gasteiger partial charge on any atom is -0.433 e. The summed E-state index contributed by atoms with van der Waals surface area (Å²) >= 11 is 9.25. The summed E-state index contributed by atoms with van der Waals surface area (Å²) in [4.78, 5) is 29.8. The summed E-state index contributed by atoms with van der Waals surface area (Å²) < 4.78 is 7.30. The fourth-order valence-electron chi connectivity index (χ4n) is 4.81. The molecule has 0 saturated carbocycles. The smallest absolute Gasteiger partial charge is 0.420 e. The summed E-state index contributed by atoms with van der Waals surface area (Å²) in [6.07, 6.45) is 2.39. The van der Waals surface area contributed by atoms with Crippen LogP contribution in [0.4, 0.5) is 4.79 Å². The van der Waals surface area contributed by atoms with E-state index in [1.807, 2.05) is 30.9 Å². The molecule has 2 aliphatic rings. The standard InChI is InChI=1S/C22H25BrClN3O3/c1-4-26(5-2)21(28)13-9-15-14-7-6-8-17-19(14)16(10-18(15)25(3)11-13)20(23)27(17)22(29)30-12-24/h6-9,13,18H,4-5,10-12H2,1-3H3. The van der Waals surface area contributed by atoms with E-state index in [1.54, 1.807) is 0 Å². The van der Waals surface area contributed by atoms with Crippen molar-refractivity contribution in [3.8, 4) is 0 Å². The van der Waals surface area contributed by atoms with E-state index in [0.717, 1.165) is 34.0 Å². The summed E-state index contributed by atoms with van der Waals surface area (Å²) in [5.74, 6) is -0.00934. The highest BCUT2D eigenvalue weighted by Gasteiger charge is 2.38. The molecule has 0 fully saturated rings. The van der Waals surface area contributed by atoms with Crippen molar-refractivity contribution in [1.82, 2.24) is 14.4 Å². The van der Waals surface area contributed by atoms with Crippen molar-refractivity contribution in [3.63, 3.8) is 0 Å². The lowest BCUT2D eigenvalue weighted by atomic mass is 9.79. The first-order chi connectivity index (χ1) is 14.4. The number of carbonyl (C=O) groups excluding carboxylic acids is 2. The molecule has 4 rings (SSSR count). The molecular weight excluding hydrogens is 470 g/mol. The first kappa shape index (κ1) is 21.4. The van der Waals surface area contributed by atoms with E-state index >= 15 is 0 Å². The zero-order valence-electron chi connectivity index (χ0n) is 17.3. The number of hydrogen-bond acceptors (Lipinski definition) is 4. The van der Waals surface area contributed by atoms with Crippen LogP contribution in [-0.2, 0) is 16.0 Å². The zero-order valence-corrected chi connectivity index (χ0v) is 19.7. The van der Waals surface area contributed by atoms with Crippen LogP contribution in [0.15, 0.2) is 28.9 Å². The van der Waals surface area contributed by atoms with E-state index in [2.05, 4.69) is 40.0 Å². The zero-order chi connectivity index (χ0) is 21.6. The Balaban J connectivity index is 1.86. The van der Waals surface area contributed by atoms with Gasteiger partial charge < -0.3 is 9.64 Å². The highest BCUT2D eigenvalue weighted by atomic mass is 79.9. The third-order valence-corrected chi connectivity index (χ3v) is 7.19. The molecule has 0 bridgehead atoms. The Bertz CT molecular complexity index is 1040. The van der Waals surface area contributed by atoms with Gasteiger partial charge in [-0.3, -0.25) is 9.69 Å². The van der Waals surface area contributed by atoms with Gasteiger partial charge in [-0.25, -0.2) is 9.36 Å². The van der Waals surface area contributed by atoms with Crippen molar-refractivity contribution in [1.29, 1.82) is 0 Å². The molecular formula is C22H25BrClN3O3. The topological polar surface area (TPSA) is 54.8 Å². The maximum Gasteiger partial charge on any atom is 0.420 e. The molecule has 1 aromatic carbocycles. The van der Waals surface area contributed by atoms with Crippen LogP contribution < -0.4 is 0 Å². The van der Waals surface area contributed by atoms with Gasteiger partial charge in [0.2, 0.25) is 5.91 Å². The molecule has 2 atom stereocenters. The number of carbonyl (C=O) groups is 2. The van der Waals surface area contributed by atoms with Crippen molar-refractivity contribution in [2.75, 3.05) is 32.7 Å². The normalized spacial score (nSPS) is 20.6. The Hall–Kier alpha value is -1.83. The van der Waals surface area contributed by atoms with Gasteiger partial charge in [0.1, 0.15) is 0 Å². The Kier molecular flexibility index (Phi) is 5.97. The first-order valence-electron chi connectivity index (χ1n) is 10.2. The summed E-state index contributed by atoms with van der Waals surface area (Å²) in [5.41, 5.74) is 4.09. The second-order valence-corrected chi connectivity index (χ2v) is 8.69. The Morgan fingerprint density at radius 1 is 1.30 bits per heavy atom. The number of hydrogen-bond donors (Lipinski definition) is 0. The predicted molar refractivity (Wildman–Crippen MR) is 122 cm³/mol. The van der Waals surface area contributed by atoms with Crippen molar-refractivity contribution in [2.24, 2.45) is 5.92 Å². The fraction of sp³-hybridized carbons (Fsp3) is 0.455. The molecule has 0 spiro atoms. The largest absolute Gasteiger partial charge is 0.433 e. The van der Waals surface area contributed by atoms with Crippen LogP contribution in [0.1, 0.15) is 25.0 Å². The molecule has 0 radical (unpaired) electrons. The van der Waals surface area contributed by atoms with E-state index in [1.165, 1.54) is 4.57 Å². The summed E-state index contributed by atoms with van der Waals surface area (Å²) in [6, 6.07) is 5.88. The van der Waals surface area contributed by atoms with Crippen LogP contribution in [0.2, 0.25) is 0 Å². The SMILES string of the molecule is CCN(CC)C(=O)C1C=C2c3cccc4c3c(c(Br)n4C(=O)OCCl)CC2N(C)C1. The Morgan fingerprint density at radius 3 is 2.70 bits per heavy atom. The quantitative estimate of drug-likeness (QED) is 0.594. The third-order valence-electron chi connectivity index (χ3n) is 6.25. The van der Waals surface area contributed by atoms with Crippen LogP contribution >= 0.6 is 27.5 Å². The van der Waals surface area contributed by atoms with E-state index in [4.69, 9.17) is 16.3 Å². The number of nitrogens with zero attached hydrogens (tertiary/aromatic N) is 3. The summed E-state index contributed by atoms with van der Waals surface area (Å²) in [6.45, 7) is 6.12. The number of benzene rings is 1. The lowest BCUT2D eigenvalue weighted by Gasteiger charge is -2.40. The minimum absolute atomic E-state index is 0.153. The van der Waals surface area contributed by atoms with Gasteiger partial charge in [-0.15, -0.1) is 0 Å². The molecule has 6 nitrogen and oxygen atoms in total. The molecule has 1 aliphatic heterocycles. The lowest BCUT2D eigenvalue weighted by molar-refractivity contribution is -0.134. The molecule has 8 heteroatoms. The second kappa shape index (κ2) is 8.36. The van der Waals surface area contributed by atoms with Crippen LogP contribution in [0.3, 0.4) is 0 Å². The van der Waals surface area contributed by atoms with Gasteiger partial charge in [-0.2, -0.15) is 0 Å². The number of fused-ring (bicyclic) bond motifs is 2. The molecule has 1 aromatic heterocycles. The van der Waals surface area contributed by atoms with Crippen LogP contribution in [0, 0.1) is 5.92 Å². The first-order valence-corrected chi connectivity index (χ1v) is 11.5. The van der Waals surface area contributed by atoms with Crippen LogP contribution in [0.25, 0.3) is 16.5 Å². The molecule has 0 N–H and O–H groups in total. The second-order valence-electron chi connectivity index (χ2n) is 7.72. The van der Waals surface area contributed by atoms with Crippen molar-refractivity contribution >= 4 is 56.0 Å². The molecule has 2 aromatic rings. The number of alkyl halides is 1. The van der Waals surface area contributed by atoms with Crippen LogP contribution in [0.5, 0.6) is 0 Å². The van der Waals surface area contributed by atoms with Gasteiger partial charge in [-0.1, -0.05) is 29.8 Å². The number of likely N-dealkylation sites (N-methyl/N-ethyl adjacent to an activating group) is 1. The maximum atomic E-state index is 13.1. The number of halogens is 2. The highest BCUT2D eigenvalue weighted by Crippen LogP contribution is 2.45. The Labute approximate surface area is 189 Å². The molecule has 2 heterocycles. The minimum atomic E-state index is -0.507. The van der Waals surface area contributed by atoms with Gasteiger partial charge in [0.25, 0.3) is 0 Å². The van der Waals surface area contributed by atoms with Gasteiger partial charge in [0.05, 0.1) is 16.0 Å². The average Bonchev–Trinajstić information content (AvgIpc) is 3.02. The molecule has 0 saturated heterocycles. The lowest BCUT2D eigenvalue weighted by Crippen LogP contribution is -2.47. The van der Waals surface area contributed by atoms with E-state index in [0.29, 0.717) is 24.2 Å². The van der Waals surface area contributed by atoms with Gasteiger partial charge >= 0.3 is 6.09 Å². The summed E-state index contributed by atoms with van der Waals surface area (Å²) in [7, 11) is 2.07. The van der Waals surface area contributed by atoms with Gasteiger partial charge in [0, 0.05) is 31.1 Å². The average molecular weight is 495 g/mol. The number of rotatable bonds is 4. The third kappa shape index (κ3) is 3.27. The number of ether oxygens (including phenoxy) is 1. The molecule has 2 unspecified atom stereocenters. The van der Waals surface area contributed by atoms with Crippen molar-refractivity contribution < 1.29 is 14.3 Å². The monoisotopic (exact) mass is 493 g/mol. The maximum absolute atomic E-state index is 13.1. The molecule has 1 amide bonds. The predicted octanol–water partition coefficient (Wildman–Crippen LogP) is 4.32. The molecule has 160 valence electrons. The molecule has 1 aliphatic carbocycles. The number of amides is 1. The van der Waals surface area contributed by atoms with Crippen molar-refractivity contribution in [2.45, 2.75) is 26.3 Å². The van der Waals surface area contributed by atoms with E-state index in [9.17, 15) is 9.59 Å². The van der Waals surface area contributed by atoms with Gasteiger partial charge in [-0.05, 0) is 66.0 Å². The fourth-order valence-corrected chi connectivity index (χ4v) is 5.60. The van der Waals surface area contributed by atoms with Gasteiger partial charge in [0.15, 0.2) is 6.07 Å². The number of aromatic nitrogens is 1. The highest BCUT2D eigenvalue weighted by molar-refractivity contribution is 9.10. The van der Waals surface area contributed by atoms with E-state index < -0.39 is 6.09 Å². The summed E-state index contributed by atoms with van der Waals surface area (Å²) in [5, 5.41) is 1.03. The molecule has 30 heavy (non-hydrogen) atoms. The van der Waals surface area contributed by atoms with E-state index in [-0.39, 0.29) is 23.9 Å². The Morgan fingerprint density at radius 2 is 2.03 bits per heavy atom.